The monoisotopic (exact) mass is 451 g/mol. The summed E-state index contributed by atoms with van der Waals surface area (Å²) in [6, 6.07) is 10.9. The van der Waals surface area contributed by atoms with Gasteiger partial charge < -0.3 is 10.6 Å². The average Bonchev–Trinajstić information content (AvgIpc) is 3.24. The molecule has 7 heteroatoms. The van der Waals surface area contributed by atoms with Crippen molar-refractivity contribution >= 4 is 39.8 Å². The molecule has 0 saturated heterocycles. The van der Waals surface area contributed by atoms with E-state index in [2.05, 4.69) is 39.9 Å². The largest absolute Gasteiger partial charge is 0.354 e. The smallest absolute Gasteiger partial charge is 0.191 e. The Morgan fingerprint density at radius 2 is 2.00 bits per heavy atom. The average molecular weight is 451 g/mol. The summed E-state index contributed by atoms with van der Waals surface area (Å²) in [4.78, 5) is 4.23. The predicted octanol–water partition coefficient (Wildman–Crippen LogP) is 2.15. The summed E-state index contributed by atoms with van der Waals surface area (Å²) in [5.41, 5.74) is 1.35. The first-order valence-corrected chi connectivity index (χ1v) is 9.67. The fraction of sp³-hybridized carbons (Fsp3) is 0.562. The third-order valence-electron chi connectivity index (χ3n) is 3.87. The number of hydrogen-bond acceptors (Lipinski definition) is 3. The molecule has 0 radical (unpaired) electrons. The van der Waals surface area contributed by atoms with Crippen molar-refractivity contribution in [3.63, 3.8) is 0 Å². The quantitative estimate of drug-likeness (QED) is 0.395. The van der Waals surface area contributed by atoms with Gasteiger partial charge in [-0.2, -0.15) is 0 Å². The van der Waals surface area contributed by atoms with Gasteiger partial charge in [-0.05, 0) is 25.3 Å². The Hall–Kier alpha value is -0.830. The van der Waals surface area contributed by atoms with E-state index < -0.39 is 9.84 Å². The summed E-state index contributed by atoms with van der Waals surface area (Å²) in [6.07, 6.45) is 2.94. The molecule has 1 aromatic carbocycles. The molecule has 1 fully saturated rings. The zero-order valence-corrected chi connectivity index (χ0v) is 17.0. The molecule has 0 aliphatic heterocycles. The molecular weight excluding hydrogens is 425 g/mol. The lowest BCUT2D eigenvalue weighted by Gasteiger charge is -2.17. The predicted molar refractivity (Wildman–Crippen MR) is 106 cm³/mol. The van der Waals surface area contributed by atoms with Crippen LogP contribution >= 0.6 is 24.0 Å². The van der Waals surface area contributed by atoms with Crippen molar-refractivity contribution in [2.24, 2.45) is 4.99 Å². The van der Waals surface area contributed by atoms with Crippen LogP contribution < -0.4 is 10.6 Å². The summed E-state index contributed by atoms with van der Waals surface area (Å²) < 4.78 is 22.4. The van der Waals surface area contributed by atoms with Crippen molar-refractivity contribution < 1.29 is 8.42 Å². The highest BCUT2D eigenvalue weighted by Crippen LogP contribution is 2.40. The van der Waals surface area contributed by atoms with Crippen LogP contribution in [-0.2, 0) is 9.84 Å². The van der Waals surface area contributed by atoms with Gasteiger partial charge in [-0.1, -0.05) is 30.3 Å². The minimum atomic E-state index is -2.92. The Kier molecular flexibility index (Phi) is 7.79. The van der Waals surface area contributed by atoms with Gasteiger partial charge in [0.2, 0.25) is 0 Å². The molecule has 3 atom stereocenters. The van der Waals surface area contributed by atoms with Crippen LogP contribution in [0.5, 0.6) is 0 Å². The van der Waals surface area contributed by atoms with E-state index in [4.69, 9.17) is 0 Å². The maximum Gasteiger partial charge on any atom is 0.191 e. The molecule has 130 valence electrons. The van der Waals surface area contributed by atoms with Crippen molar-refractivity contribution in [1.82, 2.24) is 10.6 Å². The second kappa shape index (κ2) is 8.86. The van der Waals surface area contributed by atoms with E-state index in [-0.39, 0.29) is 35.8 Å². The molecule has 0 aromatic heterocycles. The van der Waals surface area contributed by atoms with Gasteiger partial charge in [0.25, 0.3) is 0 Å². The Morgan fingerprint density at radius 1 is 1.35 bits per heavy atom. The number of nitrogens with one attached hydrogen (secondary N) is 2. The number of aliphatic imine (C=N–C) groups is 1. The number of hydrogen-bond donors (Lipinski definition) is 2. The van der Waals surface area contributed by atoms with Crippen LogP contribution in [0.2, 0.25) is 0 Å². The molecule has 0 spiro atoms. The molecular formula is C16H26IN3O2S. The van der Waals surface area contributed by atoms with Crippen molar-refractivity contribution in [2.75, 3.05) is 19.1 Å². The van der Waals surface area contributed by atoms with E-state index >= 15 is 0 Å². The van der Waals surface area contributed by atoms with E-state index in [1.54, 1.807) is 7.05 Å². The zero-order chi connectivity index (χ0) is 16.2. The van der Waals surface area contributed by atoms with Gasteiger partial charge in [0.05, 0.1) is 5.75 Å². The summed E-state index contributed by atoms with van der Waals surface area (Å²) in [6.45, 7) is 1.97. The molecule has 0 amide bonds. The fourth-order valence-corrected chi connectivity index (χ4v) is 3.25. The summed E-state index contributed by atoms with van der Waals surface area (Å²) in [5.74, 6) is 1.46. The van der Waals surface area contributed by atoms with Gasteiger partial charge in [-0.3, -0.25) is 4.99 Å². The van der Waals surface area contributed by atoms with E-state index in [1.807, 2.05) is 13.0 Å². The van der Waals surface area contributed by atoms with E-state index in [1.165, 1.54) is 11.8 Å². The van der Waals surface area contributed by atoms with Crippen molar-refractivity contribution in [3.8, 4) is 0 Å². The minimum Gasteiger partial charge on any atom is -0.354 e. The number of nitrogens with zero attached hydrogens (tertiary/aromatic N) is 1. The van der Waals surface area contributed by atoms with Gasteiger partial charge in [0.15, 0.2) is 5.96 Å². The van der Waals surface area contributed by atoms with E-state index in [0.29, 0.717) is 18.4 Å². The van der Waals surface area contributed by atoms with Gasteiger partial charge >= 0.3 is 0 Å². The second-order valence-electron chi connectivity index (χ2n) is 6.04. The maximum absolute atomic E-state index is 11.2. The van der Waals surface area contributed by atoms with Crippen molar-refractivity contribution in [3.05, 3.63) is 35.9 Å². The van der Waals surface area contributed by atoms with Gasteiger partial charge in [0, 0.05) is 31.3 Å². The summed E-state index contributed by atoms with van der Waals surface area (Å²) in [5, 5.41) is 6.66. The third kappa shape index (κ3) is 7.07. The molecule has 1 aromatic rings. The van der Waals surface area contributed by atoms with Gasteiger partial charge in [-0.15, -0.1) is 24.0 Å². The maximum atomic E-state index is 11.2. The number of sulfone groups is 1. The lowest BCUT2D eigenvalue weighted by Crippen LogP contribution is -2.44. The van der Waals surface area contributed by atoms with Crippen LogP contribution in [-0.4, -0.2) is 45.5 Å². The topological polar surface area (TPSA) is 70.6 Å². The van der Waals surface area contributed by atoms with Crippen LogP contribution in [0.1, 0.15) is 31.2 Å². The third-order valence-corrected chi connectivity index (χ3v) is 4.85. The van der Waals surface area contributed by atoms with Crippen LogP contribution in [0.3, 0.4) is 0 Å². The highest BCUT2D eigenvalue weighted by atomic mass is 127. The molecule has 2 rings (SSSR count). The molecule has 3 unspecified atom stereocenters. The fourth-order valence-electron chi connectivity index (χ4n) is 2.47. The van der Waals surface area contributed by atoms with E-state index in [9.17, 15) is 8.42 Å². The van der Waals surface area contributed by atoms with Crippen LogP contribution in [0.15, 0.2) is 35.3 Å². The molecule has 5 nitrogen and oxygen atoms in total. The minimum absolute atomic E-state index is 0. The normalized spacial score (nSPS) is 22.0. The molecule has 1 aliphatic rings. The first-order chi connectivity index (χ1) is 10.4. The summed E-state index contributed by atoms with van der Waals surface area (Å²) in [7, 11) is -1.18. The number of halogens is 1. The Balaban J connectivity index is 0.00000264. The molecule has 2 N–H and O–H groups in total. The first kappa shape index (κ1) is 20.2. The number of benzene rings is 1. The molecule has 23 heavy (non-hydrogen) atoms. The lowest BCUT2D eigenvalue weighted by molar-refractivity contribution is 0.581. The highest BCUT2D eigenvalue weighted by molar-refractivity contribution is 14.0. The number of rotatable bonds is 6. The standard InChI is InChI=1S/C16H25N3O2S.HI/c1-12(9-10-22(3,20)21)18-16(17-2)19-15-11-14(15)13-7-5-4-6-8-13;/h4-8,12,14-15H,9-11H2,1-3H3,(H2,17,18,19);1H. The lowest BCUT2D eigenvalue weighted by atomic mass is 10.1. The Morgan fingerprint density at radius 3 is 2.57 bits per heavy atom. The first-order valence-electron chi connectivity index (χ1n) is 7.61. The summed E-state index contributed by atoms with van der Waals surface area (Å²) >= 11 is 0. The Bertz CT molecular complexity index is 619. The van der Waals surface area contributed by atoms with Gasteiger partial charge in [0.1, 0.15) is 9.84 Å². The Labute approximate surface area is 156 Å². The highest BCUT2D eigenvalue weighted by Gasteiger charge is 2.38. The molecule has 0 bridgehead atoms. The van der Waals surface area contributed by atoms with Crippen LogP contribution in [0, 0.1) is 0 Å². The van der Waals surface area contributed by atoms with Gasteiger partial charge in [-0.25, -0.2) is 8.42 Å². The zero-order valence-electron chi connectivity index (χ0n) is 13.8. The molecule has 1 saturated carbocycles. The van der Waals surface area contributed by atoms with Crippen LogP contribution in [0.4, 0.5) is 0 Å². The van der Waals surface area contributed by atoms with E-state index in [0.717, 1.165) is 12.4 Å². The SMILES string of the molecule is CN=C(NC(C)CCS(C)(=O)=O)NC1CC1c1ccccc1.I. The van der Waals surface area contributed by atoms with Crippen LogP contribution in [0.25, 0.3) is 0 Å². The van der Waals surface area contributed by atoms with Crippen molar-refractivity contribution in [1.29, 1.82) is 0 Å². The second-order valence-corrected chi connectivity index (χ2v) is 8.30. The number of guanidine groups is 1. The molecule has 0 heterocycles. The molecule has 1 aliphatic carbocycles. The van der Waals surface area contributed by atoms with Crippen molar-refractivity contribution in [2.45, 2.75) is 37.8 Å².